The zero-order chi connectivity index (χ0) is 13.2. The molecule has 0 N–H and O–H groups in total. The summed E-state index contributed by atoms with van der Waals surface area (Å²) in [7, 11) is -2.88. The van der Waals surface area contributed by atoms with E-state index < -0.39 is 9.84 Å². The molecule has 0 spiro atoms. The summed E-state index contributed by atoms with van der Waals surface area (Å²) in [5.74, 6) is 1.49. The molecule has 1 fully saturated rings. The molecule has 0 aromatic carbocycles. The van der Waals surface area contributed by atoms with E-state index in [1.165, 1.54) is 6.26 Å². The number of hydrogen-bond donors (Lipinski definition) is 0. The van der Waals surface area contributed by atoms with Gasteiger partial charge in [0.1, 0.15) is 15.7 Å². The third-order valence-corrected chi connectivity index (χ3v) is 4.33. The average molecular weight is 268 g/mol. The smallest absolute Gasteiger partial charge is 0.147 e. The monoisotopic (exact) mass is 268 g/mol. The molecular formula is C13H20N2O2S. The third-order valence-electron chi connectivity index (χ3n) is 3.26. The van der Waals surface area contributed by atoms with Crippen molar-refractivity contribution in [3.8, 4) is 0 Å². The van der Waals surface area contributed by atoms with Crippen LogP contribution < -0.4 is 4.90 Å². The number of nitrogens with zero attached hydrogens (tertiary/aromatic N) is 2. The lowest BCUT2D eigenvalue weighted by Gasteiger charge is -2.33. The van der Waals surface area contributed by atoms with Gasteiger partial charge in [-0.2, -0.15) is 0 Å². The van der Waals surface area contributed by atoms with E-state index in [1.807, 2.05) is 25.1 Å². The fourth-order valence-corrected chi connectivity index (χ4v) is 3.67. The SMILES string of the molecule is Cc1cccc(N2CCCC(CS(C)(=O)=O)C2)n1. The van der Waals surface area contributed by atoms with Gasteiger partial charge in [-0.05, 0) is 37.8 Å². The van der Waals surface area contributed by atoms with E-state index in [9.17, 15) is 8.42 Å². The van der Waals surface area contributed by atoms with Crippen LogP contribution >= 0.6 is 0 Å². The molecule has 4 nitrogen and oxygen atoms in total. The highest BCUT2D eigenvalue weighted by molar-refractivity contribution is 7.90. The lowest BCUT2D eigenvalue weighted by molar-refractivity contribution is 0.442. The fraction of sp³-hybridized carbons (Fsp3) is 0.615. The van der Waals surface area contributed by atoms with Crippen molar-refractivity contribution in [1.82, 2.24) is 4.98 Å². The van der Waals surface area contributed by atoms with Crippen LogP contribution in [0.25, 0.3) is 0 Å². The van der Waals surface area contributed by atoms with E-state index >= 15 is 0 Å². The summed E-state index contributed by atoms with van der Waals surface area (Å²) < 4.78 is 22.7. The standard InChI is InChI=1S/C13H20N2O2S/c1-11-5-3-7-13(14-11)15-8-4-6-12(9-15)10-18(2,16)17/h3,5,7,12H,4,6,8-10H2,1-2H3. The van der Waals surface area contributed by atoms with Gasteiger partial charge < -0.3 is 4.90 Å². The van der Waals surface area contributed by atoms with Gasteiger partial charge in [-0.25, -0.2) is 13.4 Å². The number of anilines is 1. The molecule has 18 heavy (non-hydrogen) atoms. The Bertz CT molecular complexity index is 513. The second kappa shape index (κ2) is 5.26. The first-order valence-corrected chi connectivity index (χ1v) is 8.36. The molecule has 1 aromatic heterocycles. The van der Waals surface area contributed by atoms with Crippen LogP contribution in [0.4, 0.5) is 5.82 Å². The van der Waals surface area contributed by atoms with Crippen LogP contribution in [0.5, 0.6) is 0 Å². The van der Waals surface area contributed by atoms with Crippen molar-refractivity contribution < 1.29 is 8.42 Å². The molecule has 0 aliphatic carbocycles. The van der Waals surface area contributed by atoms with Gasteiger partial charge in [0, 0.05) is 25.0 Å². The summed E-state index contributed by atoms with van der Waals surface area (Å²) in [4.78, 5) is 6.70. The molecule has 1 unspecified atom stereocenters. The normalized spacial score (nSPS) is 21.0. The largest absolute Gasteiger partial charge is 0.356 e. The number of rotatable bonds is 3. The molecule has 2 rings (SSSR count). The van der Waals surface area contributed by atoms with Gasteiger partial charge in [0.05, 0.1) is 5.75 Å². The maximum atomic E-state index is 11.4. The van der Waals surface area contributed by atoms with Crippen LogP contribution in [0.2, 0.25) is 0 Å². The second-order valence-corrected chi connectivity index (χ2v) is 7.37. The topological polar surface area (TPSA) is 50.3 Å². The van der Waals surface area contributed by atoms with Crippen LogP contribution in [-0.2, 0) is 9.84 Å². The number of aromatic nitrogens is 1. The van der Waals surface area contributed by atoms with Gasteiger partial charge >= 0.3 is 0 Å². The van der Waals surface area contributed by atoms with E-state index in [0.29, 0.717) is 0 Å². The minimum Gasteiger partial charge on any atom is -0.356 e. The molecule has 1 aromatic rings. The lowest BCUT2D eigenvalue weighted by Crippen LogP contribution is -2.38. The quantitative estimate of drug-likeness (QED) is 0.836. The molecule has 0 radical (unpaired) electrons. The van der Waals surface area contributed by atoms with E-state index in [1.54, 1.807) is 0 Å². The Kier molecular flexibility index (Phi) is 3.90. The molecule has 0 saturated carbocycles. The van der Waals surface area contributed by atoms with E-state index in [4.69, 9.17) is 0 Å². The first-order chi connectivity index (χ1) is 8.44. The van der Waals surface area contributed by atoms with Crippen LogP contribution in [0, 0.1) is 12.8 Å². The number of piperidine rings is 1. The van der Waals surface area contributed by atoms with Gasteiger partial charge in [0.25, 0.3) is 0 Å². The molecule has 5 heteroatoms. The van der Waals surface area contributed by atoms with Crippen molar-refractivity contribution in [1.29, 1.82) is 0 Å². The molecule has 100 valence electrons. The Hall–Kier alpha value is -1.10. The summed E-state index contributed by atoms with van der Waals surface area (Å²) in [6.45, 7) is 3.74. The minimum atomic E-state index is -2.88. The van der Waals surface area contributed by atoms with Gasteiger partial charge in [-0.3, -0.25) is 0 Å². The number of pyridine rings is 1. The fourth-order valence-electron chi connectivity index (χ4n) is 2.54. The summed E-state index contributed by atoms with van der Waals surface area (Å²) in [6, 6.07) is 5.97. The second-order valence-electron chi connectivity index (χ2n) is 5.18. The lowest BCUT2D eigenvalue weighted by atomic mass is 10.00. The first kappa shape index (κ1) is 13.3. The minimum absolute atomic E-state index is 0.232. The number of aryl methyl sites for hydroxylation is 1. The zero-order valence-electron chi connectivity index (χ0n) is 11.0. The summed E-state index contributed by atoms with van der Waals surface area (Å²) in [5, 5.41) is 0. The Morgan fingerprint density at radius 2 is 2.22 bits per heavy atom. The Morgan fingerprint density at radius 3 is 2.89 bits per heavy atom. The summed E-state index contributed by atoms with van der Waals surface area (Å²) in [6.07, 6.45) is 3.35. The predicted molar refractivity (Wildman–Crippen MR) is 73.6 cm³/mol. The molecule has 1 aliphatic rings. The van der Waals surface area contributed by atoms with Crippen LogP contribution in [0.1, 0.15) is 18.5 Å². The maximum Gasteiger partial charge on any atom is 0.147 e. The molecule has 0 amide bonds. The van der Waals surface area contributed by atoms with Gasteiger partial charge in [-0.1, -0.05) is 6.07 Å². The van der Waals surface area contributed by atoms with E-state index in [-0.39, 0.29) is 11.7 Å². The molecule has 1 atom stereocenters. The van der Waals surface area contributed by atoms with E-state index in [0.717, 1.165) is 37.4 Å². The molecular weight excluding hydrogens is 248 g/mol. The molecule has 0 bridgehead atoms. The van der Waals surface area contributed by atoms with E-state index in [2.05, 4.69) is 9.88 Å². The van der Waals surface area contributed by atoms with Crippen molar-refractivity contribution in [2.45, 2.75) is 19.8 Å². The molecule has 1 aliphatic heterocycles. The first-order valence-electron chi connectivity index (χ1n) is 6.30. The molecule has 1 saturated heterocycles. The summed E-state index contributed by atoms with van der Waals surface area (Å²) in [5.41, 5.74) is 0.998. The van der Waals surface area contributed by atoms with Crippen molar-refractivity contribution in [2.24, 2.45) is 5.92 Å². The predicted octanol–water partition coefficient (Wildman–Crippen LogP) is 1.65. The average Bonchev–Trinajstić information content (AvgIpc) is 2.27. The Morgan fingerprint density at radius 1 is 1.44 bits per heavy atom. The van der Waals surface area contributed by atoms with Crippen molar-refractivity contribution in [3.05, 3.63) is 23.9 Å². The van der Waals surface area contributed by atoms with Crippen molar-refractivity contribution in [2.75, 3.05) is 30.0 Å². The Balaban J connectivity index is 2.07. The summed E-state index contributed by atoms with van der Waals surface area (Å²) >= 11 is 0. The highest BCUT2D eigenvalue weighted by Crippen LogP contribution is 2.22. The maximum absolute atomic E-state index is 11.4. The van der Waals surface area contributed by atoms with Crippen molar-refractivity contribution >= 4 is 15.7 Å². The number of hydrogen-bond acceptors (Lipinski definition) is 4. The highest BCUT2D eigenvalue weighted by Gasteiger charge is 2.23. The zero-order valence-corrected chi connectivity index (χ0v) is 11.8. The third kappa shape index (κ3) is 3.70. The van der Waals surface area contributed by atoms with Crippen molar-refractivity contribution in [3.63, 3.8) is 0 Å². The highest BCUT2D eigenvalue weighted by atomic mass is 32.2. The van der Waals surface area contributed by atoms with Gasteiger partial charge in [-0.15, -0.1) is 0 Å². The van der Waals surface area contributed by atoms with Crippen LogP contribution in [0.15, 0.2) is 18.2 Å². The van der Waals surface area contributed by atoms with Crippen LogP contribution in [-0.4, -0.2) is 38.5 Å². The van der Waals surface area contributed by atoms with Gasteiger partial charge in [0.2, 0.25) is 0 Å². The van der Waals surface area contributed by atoms with Gasteiger partial charge in [0.15, 0.2) is 0 Å². The van der Waals surface area contributed by atoms with Crippen LogP contribution in [0.3, 0.4) is 0 Å². The number of sulfone groups is 1. The Labute approximate surface area is 109 Å². The molecule has 2 heterocycles.